The maximum Gasteiger partial charge on any atom is 0.147 e. The summed E-state index contributed by atoms with van der Waals surface area (Å²) in [5.74, 6) is -0.427. The van der Waals surface area contributed by atoms with Gasteiger partial charge in [-0.2, -0.15) is 0 Å². The van der Waals surface area contributed by atoms with E-state index in [1.807, 2.05) is 0 Å². The molecule has 1 saturated heterocycles. The minimum Gasteiger partial charge on any atom is -0.368 e. The Hall–Kier alpha value is -0.310. The molecule has 1 aliphatic rings. The molecule has 12 heavy (non-hydrogen) atoms. The second-order valence-corrected chi connectivity index (χ2v) is 3.46. The number of hydrogen-bond donors (Lipinski definition) is 0. The fraction of sp³-hybridized carbons (Fsp3) is 0.250. The molecule has 0 unspecified atom stereocenters. The Balaban J connectivity index is 2.51. The number of epoxide rings is 1. The van der Waals surface area contributed by atoms with E-state index in [4.69, 9.17) is 27.9 Å². The molecule has 1 nitrogen and oxygen atoms in total. The summed E-state index contributed by atoms with van der Waals surface area (Å²) in [5, 5.41) is 0.486. The Bertz CT molecular complexity index is 323. The second-order valence-electron chi connectivity index (χ2n) is 2.61. The van der Waals surface area contributed by atoms with Crippen LogP contribution in [0.1, 0.15) is 11.7 Å². The van der Waals surface area contributed by atoms with Crippen molar-refractivity contribution in [3.8, 4) is 0 Å². The highest BCUT2D eigenvalue weighted by Gasteiger charge is 2.29. The molecule has 0 bridgehead atoms. The van der Waals surface area contributed by atoms with Gasteiger partial charge in [-0.1, -0.05) is 23.2 Å². The van der Waals surface area contributed by atoms with Crippen molar-refractivity contribution < 1.29 is 9.13 Å². The molecular weight excluding hydrogens is 202 g/mol. The molecule has 1 heterocycles. The fourth-order valence-electron chi connectivity index (χ4n) is 1.04. The SMILES string of the molecule is Fc1c(Cl)cc(Cl)cc1[C@@H]1CO1. The van der Waals surface area contributed by atoms with Crippen molar-refractivity contribution in [1.29, 1.82) is 0 Å². The van der Waals surface area contributed by atoms with E-state index >= 15 is 0 Å². The summed E-state index contributed by atoms with van der Waals surface area (Å²) < 4.78 is 18.1. The summed E-state index contributed by atoms with van der Waals surface area (Å²) in [5.41, 5.74) is 0.451. The van der Waals surface area contributed by atoms with Crippen LogP contribution in [0, 0.1) is 5.82 Å². The van der Waals surface area contributed by atoms with Gasteiger partial charge in [0.1, 0.15) is 11.9 Å². The van der Waals surface area contributed by atoms with Gasteiger partial charge in [-0.05, 0) is 12.1 Å². The van der Waals surface area contributed by atoms with Gasteiger partial charge in [0.25, 0.3) is 0 Å². The molecule has 64 valence electrons. The monoisotopic (exact) mass is 206 g/mol. The van der Waals surface area contributed by atoms with Gasteiger partial charge in [0.2, 0.25) is 0 Å². The molecule has 1 atom stereocenters. The van der Waals surface area contributed by atoms with Gasteiger partial charge in [0, 0.05) is 10.6 Å². The van der Waals surface area contributed by atoms with Crippen molar-refractivity contribution in [3.05, 3.63) is 33.6 Å². The summed E-state index contributed by atoms with van der Waals surface area (Å²) >= 11 is 11.3. The van der Waals surface area contributed by atoms with Gasteiger partial charge in [0.05, 0.1) is 11.6 Å². The van der Waals surface area contributed by atoms with Crippen molar-refractivity contribution in [2.24, 2.45) is 0 Å². The van der Waals surface area contributed by atoms with E-state index in [2.05, 4.69) is 0 Å². The Morgan fingerprint density at radius 1 is 1.42 bits per heavy atom. The van der Waals surface area contributed by atoms with E-state index in [1.165, 1.54) is 6.07 Å². The number of halogens is 3. The standard InChI is InChI=1S/C8H5Cl2FO/c9-4-1-5(7-3-12-7)8(11)6(10)2-4/h1-2,7H,3H2/t7-/m0/s1. The van der Waals surface area contributed by atoms with Crippen LogP contribution in [0.25, 0.3) is 0 Å². The van der Waals surface area contributed by atoms with Crippen LogP contribution in [0.2, 0.25) is 10.0 Å². The van der Waals surface area contributed by atoms with E-state index in [9.17, 15) is 4.39 Å². The van der Waals surface area contributed by atoms with Crippen molar-refractivity contribution in [3.63, 3.8) is 0 Å². The molecule has 0 saturated carbocycles. The van der Waals surface area contributed by atoms with Gasteiger partial charge in [-0.15, -0.1) is 0 Å². The van der Waals surface area contributed by atoms with Gasteiger partial charge in [0.15, 0.2) is 0 Å². The lowest BCUT2D eigenvalue weighted by atomic mass is 10.1. The fourth-order valence-corrected chi connectivity index (χ4v) is 1.55. The number of ether oxygens (including phenoxy) is 1. The first-order chi connectivity index (χ1) is 5.68. The molecular formula is C8H5Cl2FO. The summed E-state index contributed by atoms with van der Waals surface area (Å²) in [6.45, 7) is 0.549. The second kappa shape index (κ2) is 2.87. The molecule has 2 rings (SSSR count). The highest BCUT2D eigenvalue weighted by molar-refractivity contribution is 6.34. The van der Waals surface area contributed by atoms with E-state index in [1.54, 1.807) is 6.07 Å². The summed E-state index contributed by atoms with van der Waals surface area (Å²) in [6, 6.07) is 2.92. The van der Waals surface area contributed by atoms with E-state index < -0.39 is 5.82 Å². The van der Waals surface area contributed by atoms with Crippen LogP contribution >= 0.6 is 23.2 Å². The maximum absolute atomic E-state index is 13.2. The van der Waals surface area contributed by atoms with Gasteiger partial charge in [-0.25, -0.2) is 4.39 Å². The Morgan fingerprint density at radius 3 is 2.67 bits per heavy atom. The zero-order chi connectivity index (χ0) is 8.72. The Labute approximate surface area is 79.0 Å². The van der Waals surface area contributed by atoms with Gasteiger partial charge < -0.3 is 4.74 Å². The average molecular weight is 207 g/mol. The van der Waals surface area contributed by atoms with Crippen molar-refractivity contribution in [2.75, 3.05) is 6.61 Å². The topological polar surface area (TPSA) is 12.5 Å². The first-order valence-electron chi connectivity index (χ1n) is 3.44. The lowest BCUT2D eigenvalue weighted by Crippen LogP contribution is -1.89. The van der Waals surface area contributed by atoms with Crippen LogP contribution in [0.15, 0.2) is 12.1 Å². The zero-order valence-corrected chi connectivity index (χ0v) is 7.49. The van der Waals surface area contributed by atoms with Crippen molar-refractivity contribution >= 4 is 23.2 Å². The molecule has 1 aromatic rings. The molecule has 0 aliphatic carbocycles. The lowest BCUT2D eigenvalue weighted by molar-refractivity contribution is 0.408. The molecule has 4 heteroatoms. The third-order valence-corrected chi connectivity index (χ3v) is 2.19. The highest BCUT2D eigenvalue weighted by atomic mass is 35.5. The molecule has 0 N–H and O–H groups in total. The smallest absolute Gasteiger partial charge is 0.147 e. The molecule has 1 aliphatic heterocycles. The van der Waals surface area contributed by atoms with Gasteiger partial charge in [-0.3, -0.25) is 0 Å². The Kier molecular flexibility index (Phi) is 1.99. The predicted octanol–water partition coefficient (Wildman–Crippen LogP) is 3.20. The minimum absolute atomic E-state index is 0.0491. The van der Waals surface area contributed by atoms with Crippen LogP contribution in [-0.4, -0.2) is 6.61 Å². The summed E-state index contributed by atoms with van der Waals surface area (Å²) in [7, 11) is 0. The van der Waals surface area contributed by atoms with Crippen LogP contribution < -0.4 is 0 Å². The maximum atomic E-state index is 13.2. The Morgan fingerprint density at radius 2 is 2.08 bits per heavy atom. The summed E-state index contributed by atoms with van der Waals surface area (Å²) in [6.07, 6.45) is -0.152. The summed E-state index contributed by atoms with van der Waals surface area (Å²) in [4.78, 5) is 0. The molecule has 1 fully saturated rings. The first kappa shape index (κ1) is 8.30. The third-order valence-electron chi connectivity index (χ3n) is 1.70. The van der Waals surface area contributed by atoms with Crippen molar-refractivity contribution in [1.82, 2.24) is 0 Å². The van der Waals surface area contributed by atoms with Crippen LogP contribution in [0.4, 0.5) is 4.39 Å². The molecule has 0 amide bonds. The van der Waals surface area contributed by atoms with Gasteiger partial charge >= 0.3 is 0 Å². The first-order valence-corrected chi connectivity index (χ1v) is 4.20. The molecule has 0 radical (unpaired) electrons. The predicted molar refractivity (Wildman–Crippen MR) is 45.1 cm³/mol. The molecule has 0 aromatic heterocycles. The quantitative estimate of drug-likeness (QED) is 0.508. The van der Waals surface area contributed by atoms with Crippen LogP contribution in [-0.2, 0) is 4.74 Å². The number of hydrogen-bond acceptors (Lipinski definition) is 1. The van der Waals surface area contributed by atoms with E-state index in [-0.39, 0.29) is 11.1 Å². The van der Waals surface area contributed by atoms with E-state index in [0.29, 0.717) is 17.2 Å². The zero-order valence-electron chi connectivity index (χ0n) is 5.98. The molecule has 1 aromatic carbocycles. The van der Waals surface area contributed by atoms with Crippen LogP contribution in [0.5, 0.6) is 0 Å². The third kappa shape index (κ3) is 1.42. The minimum atomic E-state index is -0.427. The molecule has 0 spiro atoms. The van der Waals surface area contributed by atoms with Crippen LogP contribution in [0.3, 0.4) is 0 Å². The average Bonchev–Trinajstić information content (AvgIpc) is 2.79. The van der Waals surface area contributed by atoms with E-state index in [0.717, 1.165) is 0 Å². The normalized spacial score (nSPS) is 21.1. The number of rotatable bonds is 1. The lowest BCUT2D eigenvalue weighted by Gasteiger charge is -2.01. The van der Waals surface area contributed by atoms with Crippen molar-refractivity contribution in [2.45, 2.75) is 6.10 Å². The highest BCUT2D eigenvalue weighted by Crippen LogP contribution is 2.36. The largest absolute Gasteiger partial charge is 0.368 e. The number of benzene rings is 1.